The molecule has 0 aromatic heterocycles. The number of piperidine rings is 1. The van der Waals surface area contributed by atoms with Crippen LogP contribution < -0.4 is 10.6 Å². The predicted octanol–water partition coefficient (Wildman–Crippen LogP) is 4.58. The summed E-state index contributed by atoms with van der Waals surface area (Å²) in [6, 6.07) is 8.16. The molecule has 184 valence electrons. The number of nitrogens with zero attached hydrogens (tertiary/aromatic N) is 1. The molecule has 0 atom stereocenters. The molecule has 1 aliphatic rings. The molecule has 0 spiro atoms. The molecule has 0 saturated carbocycles. The molecular formula is C21H21ClF3N3O5S. The number of methoxy groups -OCH3 is 1. The van der Waals surface area contributed by atoms with E-state index in [1.54, 1.807) is 0 Å². The Hall–Kier alpha value is -2.83. The highest BCUT2D eigenvalue weighted by atomic mass is 35.5. The van der Waals surface area contributed by atoms with Gasteiger partial charge in [-0.1, -0.05) is 11.6 Å². The molecule has 2 aromatic rings. The minimum absolute atomic E-state index is 0.0153. The van der Waals surface area contributed by atoms with Crippen LogP contribution in [0.4, 0.5) is 29.3 Å². The Bertz CT molecular complexity index is 1170. The van der Waals surface area contributed by atoms with Crippen molar-refractivity contribution >= 4 is 45.0 Å². The SMILES string of the molecule is COC(=O)Nc1ccc(S(=O)(=O)N2CCC(C(=O)Nc3cc(C(F)(F)F)ccc3Cl)CC2)cc1. The number of hydrogen-bond acceptors (Lipinski definition) is 5. The van der Waals surface area contributed by atoms with Gasteiger partial charge in [-0.2, -0.15) is 17.5 Å². The number of amides is 2. The molecule has 2 aromatic carbocycles. The Balaban J connectivity index is 1.62. The molecular weight excluding hydrogens is 499 g/mol. The first-order valence-electron chi connectivity index (χ1n) is 10.0. The molecule has 1 fully saturated rings. The van der Waals surface area contributed by atoms with Gasteiger partial charge in [0.25, 0.3) is 0 Å². The number of benzene rings is 2. The molecule has 3 rings (SSSR count). The lowest BCUT2D eigenvalue weighted by molar-refractivity contribution is -0.137. The Kier molecular flexibility index (Phi) is 7.74. The van der Waals surface area contributed by atoms with Gasteiger partial charge in [0.2, 0.25) is 15.9 Å². The minimum atomic E-state index is -4.59. The summed E-state index contributed by atoms with van der Waals surface area (Å²) >= 11 is 5.93. The van der Waals surface area contributed by atoms with Crippen LogP contribution in [0.2, 0.25) is 5.02 Å². The van der Waals surface area contributed by atoms with Gasteiger partial charge in [0.1, 0.15) is 0 Å². The van der Waals surface area contributed by atoms with Crippen LogP contribution in [0.15, 0.2) is 47.4 Å². The Labute approximate surface area is 199 Å². The van der Waals surface area contributed by atoms with E-state index in [1.165, 1.54) is 35.7 Å². The van der Waals surface area contributed by atoms with E-state index < -0.39 is 39.7 Å². The second-order valence-corrected chi connectivity index (χ2v) is 9.85. The second kappa shape index (κ2) is 10.2. The lowest BCUT2D eigenvalue weighted by Gasteiger charge is -2.30. The number of anilines is 2. The molecule has 0 radical (unpaired) electrons. The van der Waals surface area contributed by atoms with Gasteiger partial charge >= 0.3 is 12.3 Å². The highest BCUT2D eigenvalue weighted by molar-refractivity contribution is 7.89. The number of carbonyl (C=O) groups excluding carboxylic acids is 2. The lowest BCUT2D eigenvalue weighted by atomic mass is 9.97. The van der Waals surface area contributed by atoms with Gasteiger partial charge in [-0.15, -0.1) is 0 Å². The number of ether oxygens (including phenoxy) is 1. The summed E-state index contributed by atoms with van der Waals surface area (Å²) in [7, 11) is -2.64. The van der Waals surface area contributed by atoms with Crippen LogP contribution in [0.3, 0.4) is 0 Å². The van der Waals surface area contributed by atoms with E-state index >= 15 is 0 Å². The van der Waals surface area contributed by atoms with E-state index in [1.807, 2.05) is 0 Å². The summed E-state index contributed by atoms with van der Waals surface area (Å²) in [5, 5.41) is 4.80. The Morgan fingerprint density at radius 1 is 1.06 bits per heavy atom. The highest BCUT2D eigenvalue weighted by Crippen LogP contribution is 2.34. The third-order valence-electron chi connectivity index (χ3n) is 5.30. The quantitative estimate of drug-likeness (QED) is 0.602. The number of hydrogen-bond donors (Lipinski definition) is 2. The van der Waals surface area contributed by atoms with Gasteiger partial charge in [-0.05, 0) is 55.3 Å². The summed E-state index contributed by atoms with van der Waals surface area (Å²) < 4.78 is 70.3. The maximum atomic E-state index is 12.9. The van der Waals surface area contributed by atoms with Crippen LogP contribution in [0, 0.1) is 5.92 Å². The topological polar surface area (TPSA) is 105 Å². The van der Waals surface area contributed by atoms with Crippen molar-refractivity contribution in [3.8, 4) is 0 Å². The van der Waals surface area contributed by atoms with Crippen molar-refractivity contribution in [3.63, 3.8) is 0 Å². The van der Waals surface area contributed by atoms with Crippen molar-refractivity contribution in [2.24, 2.45) is 5.92 Å². The molecule has 34 heavy (non-hydrogen) atoms. The monoisotopic (exact) mass is 519 g/mol. The zero-order valence-electron chi connectivity index (χ0n) is 17.9. The first-order chi connectivity index (χ1) is 15.9. The minimum Gasteiger partial charge on any atom is -0.453 e. The summed E-state index contributed by atoms with van der Waals surface area (Å²) in [6.07, 6.45) is -4.91. The number of nitrogens with one attached hydrogen (secondary N) is 2. The third kappa shape index (κ3) is 5.99. The van der Waals surface area contributed by atoms with E-state index in [-0.39, 0.29) is 41.5 Å². The fraction of sp³-hybridized carbons (Fsp3) is 0.333. The summed E-state index contributed by atoms with van der Waals surface area (Å²) in [6.45, 7) is 0.109. The van der Waals surface area contributed by atoms with Crippen molar-refractivity contribution in [2.75, 3.05) is 30.8 Å². The van der Waals surface area contributed by atoms with Crippen LogP contribution in [0.1, 0.15) is 18.4 Å². The van der Waals surface area contributed by atoms with Crippen LogP contribution in [-0.2, 0) is 25.7 Å². The van der Waals surface area contributed by atoms with Crippen LogP contribution in [0.5, 0.6) is 0 Å². The average Bonchev–Trinajstić information content (AvgIpc) is 2.80. The van der Waals surface area contributed by atoms with Gasteiger partial charge in [-0.25, -0.2) is 13.2 Å². The van der Waals surface area contributed by atoms with Crippen molar-refractivity contribution in [1.82, 2.24) is 4.31 Å². The van der Waals surface area contributed by atoms with Crippen LogP contribution >= 0.6 is 11.6 Å². The maximum Gasteiger partial charge on any atom is 0.416 e. The smallest absolute Gasteiger partial charge is 0.416 e. The number of rotatable bonds is 5. The molecule has 1 heterocycles. The molecule has 1 saturated heterocycles. The molecule has 2 amide bonds. The first-order valence-corrected chi connectivity index (χ1v) is 11.9. The highest BCUT2D eigenvalue weighted by Gasteiger charge is 2.34. The summed E-state index contributed by atoms with van der Waals surface area (Å²) in [5.74, 6) is -1.12. The van der Waals surface area contributed by atoms with E-state index in [9.17, 15) is 31.2 Å². The molecule has 13 heteroatoms. The molecule has 2 N–H and O–H groups in total. The number of alkyl halides is 3. The van der Waals surface area contributed by atoms with Crippen LogP contribution in [-0.4, -0.2) is 44.9 Å². The molecule has 0 unspecified atom stereocenters. The van der Waals surface area contributed by atoms with Crippen molar-refractivity contribution < 1.29 is 35.9 Å². The maximum absolute atomic E-state index is 12.9. The second-order valence-electron chi connectivity index (χ2n) is 7.50. The summed E-state index contributed by atoms with van der Waals surface area (Å²) in [5.41, 5.74) is -0.743. The van der Waals surface area contributed by atoms with Gasteiger partial charge in [0.15, 0.2) is 0 Å². The van der Waals surface area contributed by atoms with Gasteiger partial charge in [0, 0.05) is 24.7 Å². The van der Waals surface area contributed by atoms with Gasteiger partial charge in [-0.3, -0.25) is 10.1 Å². The predicted molar refractivity (Wildman–Crippen MR) is 119 cm³/mol. The standard InChI is InChI=1S/C21H21ClF3N3O5S/c1-33-20(30)26-15-3-5-16(6-4-15)34(31,32)28-10-8-13(9-11-28)19(29)27-18-12-14(21(23,24)25)2-7-17(18)22/h2-7,12-13H,8-11H2,1H3,(H,26,30)(H,27,29). The normalized spacial score (nSPS) is 15.6. The van der Waals surface area contributed by atoms with Gasteiger partial charge in [0.05, 0.1) is 28.3 Å². The molecule has 1 aliphatic heterocycles. The van der Waals surface area contributed by atoms with Crippen molar-refractivity contribution in [1.29, 1.82) is 0 Å². The van der Waals surface area contributed by atoms with E-state index in [0.717, 1.165) is 18.2 Å². The fourth-order valence-electron chi connectivity index (χ4n) is 3.42. The third-order valence-corrected chi connectivity index (χ3v) is 7.54. The zero-order valence-corrected chi connectivity index (χ0v) is 19.4. The fourth-order valence-corrected chi connectivity index (χ4v) is 5.05. The zero-order chi connectivity index (χ0) is 25.1. The molecule has 0 bridgehead atoms. The van der Waals surface area contributed by atoms with E-state index in [4.69, 9.17) is 11.6 Å². The number of sulfonamides is 1. The Morgan fingerprint density at radius 3 is 2.24 bits per heavy atom. The van der Waals surface area contributed by atoms with Gasteiger partial charge < -0.3 is 10.1 Å². The number of halogens is 4. The summed E-state index contributed by atoms with van der Waals surface area (Å²) in [4.78, 5) is 23.8. The first kappa shape index (κ1) is 25.8. The lowest BCUT2D eigenvalue weighted by Crippen LogP contribution is -2.41. The Morgan fingerprint density at radius 2 is 1.68 bits per heavy atom. The molecule has 8 nitrogen and oxygen atoms in total. The van der Waals surface area contributed by atoms with Crippen molar-refractivity contribution in [2.45, 2.75) is 23.9 Å². The van der Waals surface area contributed by atoms with E-state index in [0.29, 0.717) is 5.69 Å². The molecule has 0 aliphatic carbocycles. The average molecular weight is 520 g/mol. The van der Waals surface area contributed by atoms with E-state index in [2.05, 4.69) is 15.4 Å². The van der Waals surface area contributed by atoms with Crippen molar-refractivity contribution in [3.05, 3.63) is 53.1 Å². The largest absolute Gasteiger partial charge is 0.453 e. The van der Waals surface area contributed by atoms with Crippen LogP contribution in [0.25, 0.3) is 0 Å². The number of carbonyl (C=O) groups is 2.